The van der Waals surface area contributed by atoms with E-state index in [-0.39, 0.29) is 17.0 Å². The molecule has 2 aromatic heterocycles. The van der Waals surface area contributed by atoms with Gasteiger partial charge in [0, 0.05) is 11.6 Å². The first-order chi connectivity index (χ1) is 16.4. The molecule has 7 atom stereocenters. The van der Waals surface area contributed by atoms with Gasteiger partial charge in [0.25, 0.3) is 5.56 Å². The number of nitrogen functional groups attached to an aromatic ring is 1. The summed E-state index contributed by atoms with van der Waals surface area (Å²) in [6, 6.07) is 1.34. The molecule has 1 aliphatic rings. The molecule has 1 fully saturated rings. The molecule has 1 aliphatic heterocycles. The summed E-state index contributed by atoms with van der Waals surface area (Å²) in [4.78, 5) is 52.7. The first-order valence-corrected chi connectivity index (χ1v) is 14.5. The summed E-state index contributed by atoms with van der Waals surface area (Å²) in [5.41, 5.74) is 4.96. The molecule has 0 amide bonds. The van der Waals surface area contributed by atoms with Crippen LogP contribution in [-0.2, 0) is 31.6 Å². The molecule has 3 heterocycles. The van der Waals surface area contributed by atoms with Crippen molar-refractivity contribution in [1.82, 2.24) is 14.5 Å². The van der Waals surface area contributed by atoms with E-state index in [0.717, 1.165) is 6.92 Å². The minimum Gasteiger partial charge on any atom is -0.387 e. The fraction of sp³-hybridized carbons (Fsp3) is 0.429. The van der Waals surface area contributed by atoms with Crippen LogP contribution in [0.3, 0.4) is 0 Å². The molecule has 3 rings (SSSR count). The Hall–Kier alpha value is -1.31. The molecule has 0 bridgehead atoms. The molecule has 8 N–H and O–H groups in total. The van der Waals surface area contributed by atoms with Crippen LogP contribution in [0.15, 0.2) is 17.1 Å². The van der Waals surface area contributed by atoms with Crippen molar-refractivity contribution in [1.29, 1.82) is 0 Å². The first-order valence-electron chi connectivity index (χ1n) is 9.23. The molecular formula is C14H17Cl2N4O13P3. The summed E-state index contributed by atoms with van der Waals surface area (Å²) >= 11 is 12.0. The lowest BCUT2D eigenvalue weighted by atomic mass is 9.97. The lowest BCUT2D eigenvalue weighted by Crippen LogP contribution is -2.43. The summed E-state index contributed by atoms with van der Waals surface area (Å²) < 4.78 is 53.5. The van der Waals surface area contributed by atoms with Gasteiger partial charge in [-0.25, -0.2) is 13.7 Å². The van der Waals surface area contributed by atoms with Gasteiger partial charge in [-0.05, 0) is 24.6 Å². The number of H-pyrrole nitrogens is 1. The number of hydrogen-bond donors (Lipinski definition) is 7. The van der Waals surface area contributed by atoms with E-state index in [0.29, 0.717) is 0 Å². The maximum Gasteiger partial charge on any atom is 0.490 e. The Labute approximate surface area is 210 Å². The number of aromatic nitrogens is 3. The van der Waals surface area contributed by atoms with Gasteiger partial charge < -0.3 is 39.7 Å². The third-order valence-corrected chi connectivity index (χ3v) is 9.18. The Bertz CT molecular complexity index is 1430. The van der Waals surface area contributed by atoms with Crippen LogP contribution in [0.1, 0.15) is 13.2 Å². The standard InChI is InChI=1S/C14H17Cl2N4O13P3/c1-6(31-35(26,27)33-36(28,29)32-34(23,24)25)8-9(21)14(16,3-4-15)12(30-8)20-5-2-7-10(20)18-13(17)19-11(7)22/h2,5-6,8-9,12,21H,1H3,(H,26,27)(H,28,29)(H2,23,24,25)(H3,17,18,19,22)/t6-,8+,9-,12+,14?/m0/s1. The average Bonchev–Trinajstić information content (AvgIpc) is 3.18. The molecule has 1 saturated heterocycles. The number of hydrogen-bond acceptors (Lipinski definition) is 11. The molecule has 0 spiro atoms. The Morgan fingerprint density at radius 2 is 1.92 bits per heavy atom. The molecule has 3 unspecified atom stereocenters. The molecule has 22 heteroatoms. The minimum atomic E-state index is -5.79. The molecule has 0 aliphatic carbocycles. The number of phosphoric ester groups is 1. The van der Waals surface area contributed by atoms with Crippen molar-refractivity contribution < 1.29 is 56.3 Å². The number of halogens is 2. The van der Waals surface area contributed by atoms with E-state index in [1.165, 1.54) is 16.8 Å². The van der Waals surface area contributed by atoms with E-state index in [9.17, 15) is 33.4 Å². The van der Waals surface area contributed by atoms with Gasteiger partial charge in [0.1, 0.15) is 12.2 Å². The number of ether oxygens (including phenoxy) is 1. The number of rotatable bonds is 8. The molecule has 0 aromatic carbocycles. The number of nitrogens with one attached hydrogen (secondary N) is 1. The van der Waals surface area contributed by atoms with Crippen molar-refractivity contribution in [2.75, 3.05) is 5.73 Å². The van der Waals surface area contributed by atoms with Gasteiger partial charge in [0.2, 0.25) is 5.95 Å². The highest BCUT2D eigenvalue weighted by Gasteiger charge is 2.58. The SMILES string of the molecule is C[C@H](OP(=O)(O)OP(=O)(O)OP(=O)(O)O)[C@H]1O[C@@H](n2ccc3c(=O)[nH]c(N)nc32)C(Cl)(C#CCl)[C@H]1O. The highest BCUT2D eigenvalue weighted by molar-refractivity contribution is 7.66. The zero-order valence-corrected chi connectivity index (χ0v) is 21.7. The second-order valence-corrected chi connectivity index (χ2v) is 12.4. The summed E-state index contributed by atoms with van der Waals surface area (Å²) in [6.07, 6.45) is -5.23. The lowest BCUT2D eigenvalue weighted by molar-refractivity contribution is -0.0727. The quantitative estimate of drug-likeness (QED) is 0.121. The number of anilines is 1. The highest BCUT2D eigenvalue weighted by atomic mass is 35.5. The molecule has 36 heavy (non-hydrogen) atoms. The average molecular weight is 613 g/mol. The summed E-state index contributed by atoms with van der Waals surface area (Å²) in [5, 5.41) is 12.9. The first kappa shape index (κ1) is 29.2. The molecular weight excluding hydrogens is 596 g/mol. The second kappa shape index (κ2) is 10.1. The lowest BCUT2D eigenvalue weighted by Gasteiger charge is -2.26. The highest BCUT2D eigenvalue weighted by Crippen LogP contribution is 2.66. The van der Waals surface area contributed by atoms with Gasteiger partial charge in [-0.15, -0.1) is 0 Å². The normalized spacial score (nSPS) is 28.7. The van der Waals surface area contributed by atoms with Gasteiger partial charge in [-0.2, -0.15) is 13.6 Å². The van der Waals surface area contributed by atoms with Gasteiger partial charge in [0.15, 0.2) is 16.7 Å². The third kappa shape index (κ3) is 6.21. The van der Waals surface area contributed by atoms with Gasteiger partial charge in [-0.1, -0.05) is 17.5 Å². The monoisotopic (exact) mass is 612 g/mol. The Morgan fingerprint density at radius 3 is 2.50 bits per heavy atom. The van der Waals surface area contributed by atoms with E-state index in [1.54, 1.807) is 0 Å². The molecule has 0 radical (unpaired) electrons. The maximum atomic E-state index is 12.2. The Morgan fingerprint density at radius 1 is 1.28 bits per heavy atom. The van der Waals surface area contributed by atoms with Crippen LogP contribution in [0, 0.1) is 11.3 Å². The number of phosphoric acid groups is 3. The zero-order valence-electron chi connectivity index (χ0n) is 17.5. The fourth-order valence-corrected chi connectivity index (χ4v) is 7.10. The van der Waals surface area contributed by atoms with Crippen molar-refractivity contribution in [2.24, 2.45) is 0 Å². The topological polar surface area (TPSA) is 266 Å². The number of nitrogens with zero attached hydrogens (tertiary/aromatic N) is 2. The van der Waals surface area contributed by atoms with Crippen LogP contribution in [0.5, 0.6) is 0 Å². The zero-order chi connectivity index (χ0) is 27.3. The Balaban J connectivity index is 1.92. The van der Waals surface area contributed by atoms with E-state index < -0.39 is 58.4 Å². The largest absolute Gasteiger partial charge is 0.490 e. The molecule has 2 aromatic rings. The number of nitrogens with two attached hydrogens (primary N) is 1. The van der Waals surface area contributed by atoms with Crippen LogP contribution >= 0.6 is 46.7 Å². The van der Waals surface area contributed by atoms with Crippen LogP contribution in [0.2, 0.25) is 0 Å². The van der Waals surface area contributed by atoms with Gasteiger partial charge >= 0.3 is 23.5 Å². The van der Waals surface area contributed by atoms with Crippen molar-refractivity contribution in [2.45, 2.75) is 36.3 Å². The Kier molecular flexibility index (Phi) is 8.21. The predicted molar refractivity (Wildman–Crippen MR) is 121 cm³/mol. The minimum absolute atomic E-state index is 0.0314. The van der Waals surface area contributed by atoms with Gasteiger partial charge in [0.05, 0.1) is 11.5 Å². The van der Waals surface area contributed by atoms with Crippen LogP contribution in [0.4, 0.5) is 5.95 Å². The number of fused-ring (bicyclic) bond motifs is 1. The maximum absolute atomic E-state index is 12.2. The number of aliphatic hydroxyl groups is 1. The third-order valence-electron chi connectivity index (χ3n) is 4.66. The van der Waals surface area contributed by atoms with Crippen molar-refractivity contribution in [3.05, 3.63) is 22.6 Å². The smallest absolute Gasteiger partial charge is 0.387 e. The summed E-state index contributed by atoms with van der Waals surface area (Å²) in [7, 11) is -17.0. The molecule has 17 nitrogen and oxygen atoms in total. The van der Waals surface area contributed by atoms with Crippen LogP contribution in [0.25, 0.3) is 11.0 Å². The number of alkyl halides is 1. The molecule has 0 saturated carbocycles. The van der Waals surface area contributed by atoms with E-state index in [2.05, 4.69) is 24.5 Å². The van der Waals surface area contributed by atoms with Crippen LogP contribution in [-0.4, -0.2) is 62.4 Å². The van der Waals surface area contributed by atoms with Crippen molar-refractivity contribution in [3.8, 4) is 11.3 Å². The number of aliphatic hydroxyl groups excluding tert-OH is 1. The van der Waals surface area contributed by atoms with Crippen LogP contribution < -0.4 is 11.3 Å². The number of aromatic amines is 1. The second-order valence-electron chi connectivity index (χ2n) is 7.20. The van der Waals surface area contributed by atoms with Crippen molar-refractivity contribution >= 4 is 63.7 Å². The van der Waals surface area contributed by atoms with E-state index >= 15 is 0 Å². The van der Waals surface area contributed by atoms with Crippen molar-refractivity contribution in [3.63, 3.8) is 0 Å². The van der Waals surface area contributed by atoms with Gasteiger partial charge in [-0.3, -0.25) is 14.3 Å². The fourth-order valence-electron chi connectivity index (χ4n) is 3.37. The van der Waals surface area contributed by atoms with E-state index in [1.807, 2.05) is 5.38 Å². The van der Waals surface area contributed by atoms with E-state index in [4.69, 9.17) is 48.0 Å². The summed E-state index contributed by atoms with van der Waals surface area (Å²) in [6.45, 7) is 1.06. The summed E-state index contributed by atoms with van der Waals surface area (Å²) in [5.74, 6) is 2.09. The molecule has 200 valence electrons. The predicted octanol–water partition coefficient (Wildman–Crippen LogP) is 0.474.